The van der Waals surface area contributed by atoms with Crippen molar-refractivity contribution in [1.82, 2.24) is 4.98 Å². The Morgan fingerprint density at radius 1 is 0.677 bits per heavy atom. The van der Waals surface area contributed by atoms with Crippen LogP contribution >= 0.6 is 0 Å². The fourth-order valence-corrected chi connectivity index (χ4v) is 3.23. The monoisotopic (exact) mass is 412 g/mol. The van der Waals surface area contributed by atoms with Crippen LogP contribution in [0.4, 0.5) is 5.69 Å². The van der Waals surface area contributed by atoms with Crippen LogP contribution in [0.1, 0.15) is 11.1 Å². The number of para-hydroxylation sites is 1. The van der Waals surface area contributed by atoms with Gasteiger partial charge in [0.25, 0.3) is 0 Å². The molecule has 0 unspecified atom stereocenters. The maximum atomic E-state index is 6.34. The van der Waals surface area contributed by atoms with Crippen molar-refractivity contribution in [3.05, 3.63) is 102 Å². The molecular formula is C26H24N2O3. The summed E-state index contributed by atoms with van der Waals surface area (Å²) in [5, 5.41) is 0. The molecule has 0 spiro atoms. The van der Waals surface area contributed by atoms with E-state index in [-0.39, 0.29) is 0 Å². The van der Waals surface area contributed by atoms with Crippen LogP contribution in [0.3, 0.4) is 0 Å². The summed E-state index contributed by atoms with van der Waals surface area (Å²) in [6.45, 7) is 0.805. The van der Waals surface area contributed by atoms with E-state index >= 15 is 0 Å². The molecule has 156 valence electrons. The molecule has 2 N–H and O–H groups in total. The van der Waals surface area contributed by atoms with Gasteiger partial charge in [-0.25, -0.2) is 0 Å². The molecule has 3 aromatic carbocycles. The number of rotatable bonds is 8. The molecule has 31 heavy (non-hydrogen) atoms. The average molecular weight is 412 g/mol. The first-order valence-electron chi connectivity index (χ1n) is 10.0. The quantitative estimate of drug-likeness (QED) is 0.387. The van der Waals surface area contributed by atoms with Gasteiger partial charge in [0, 0.05) is 17.2 Å². The molecule has 5 heteroatoms. The highest BCUT2D eigenvalue weighted by Gasteiger charge is 2.15. The van der Waals surface area contributed by atoms with E-state index in [0.717, 1.165) is 22.3 Å². The van der Waals surface area contributed by atoms with E-state index in [0.29, 0.717) is 36.4 Å². The van der Waals surface area contributed by atoms with E-state index in [4.69, 9.17) is 19.9 Å². The number of aromatic nitrogens is 1. The third-order valence-electron chi connectivity index (χ3n) is 4.86. The SMILES string of the molecule is COc1cccc(-c2ccc(OCc3ccccc3)nc2OCc2ccccc2)c1N. The number of nitrogen functional groups attached to an aromatic ring is 1. The number of anilines is 1. The smallest absolute Gasteiger partial charge is 0.225 e. The second-order valence-electron chi connectivity index (χ2n) is 6.97. The minimum absolute atomic E-state index is 0.382. The van der Waals surface area contributed by atoms with Gasteiger partial charge < -0.3 is 19.9 Å². The Hall–Kier alpha value is -3.99. The molecule has 0 radical (unpaired) electrons. The van der Waals surface area contributed by atoms with Crippen molar-refractivity contribution in [2.24, 2.45) is 0 Å². The largest absolute Gasteiger partial charge is 0.495 e. The lowest BCUT2D eigenvalue weighted by Crippen LogP contribution is -2.03. The summed E-state index contributed by atoms with van der Waals surface area (Å²) in [4.78, 5) is 4.64. The molecule has 0 saturated heterocycles. The summed E-state index contributed by atoms with van der Waals surface area (Å²) in [5.74, 6) is 1.54. The Morgan fingerprint density at radius 2 is 1.32 bits per heavy atom. The van der Waals surface area contributed by atoms with Crippen molar-refractivity contribution >= 4 is 5.69 Å². The van der Waals surface area contributed by atoms with Gasteiger partial charge in [-0.2, -0.15) is 4.98 Å². The normalized spacial score (nSPS) is 10.5. The number of hydrogen-bond donors (Lipinski definition) is 1. The first-order valence-corrected chi connectivity index (χ1v) is 10.0. The van der Waals surface area contributed by atoms with E-state index in [1.165, 1.54) is 0 Å². The molecule has 0 aliphatic rings. The van der Waals surface area contributed by atoms with Crippen molar-refractivity contribution in [1.29, 1.82) is 0 Å². The highest BCUT2D eigenvalue weighted by molar-refractivity contribution is 5.83. The maximum Gasteiger partial charge on any atom is 0.225 e. The molecule has 4 rings (SSSR count). The average Bonchev–Trinajstić information content (AvgIpc) is 2.83. The molecule has 4 aromatic rings. The van der Waals surface area contributed by atoms with Crippen LogP contribution in [0, 0.1) is 0 Å². The van der Waals surface area contributed by atoms with Gasteiger partial charge in [0.15, 0.2) is 0 Å². The molecule has 0 atom stereocenters. The molecule has 0 saturated carbocycles. The van der Waals surface area contributed by atoms with E-state index in [1.54, 1.807) is 7.11 Å². The van der Waals surface area contributed by atoms with Gasteiger partial charge in [-0.3, -0.25) is 0 Å². The number of ether oxygens (including phenoxy) is 3. The lowest BCUT2D eigenvalue weighted by Gasteiger charge is -2.15. The van der Waals surface area contributed by atoms with Gasteiger partial charge in [0.1, 0.15) is 19.0 Å². The lowest BCUT2D eigenvalue weighted by atomic mass is 10.0. The minimum Gasteiger partial charge on any atom is -0.495 e. The van der Waals surface area contributed by atoms with Crippen molar-refractivity contribution in [2.45, 2.75) is 13.2 Å². The van der Waals surface area contributed by atoms with Crippen molar-refractivity contribution in [2.75, 3.05) is 12.8 Å². The van der Waals surface area contributed by atoms with E-state index in [1.807, 2.05) is 91.0 Å². The maximum absolute atomic E-state index is 6.34. The second-order valence-corrected chi connectivity index (χ2v) is 6.97. The molecule has 0 amide bonds. The summed E-state index contributed by atoms with van der Waals surface area (Å²) >= 11 is 0. The number of hydrogen-bond acceptors (Lipinski definition) is 5. The minimum atomic E-state index is 0.382. The van der Waals surface area contributed by atoms with Crippen LogP contribution in [0.5, 0.6) is 17.5 Å². The highest BCUT2D eigenvalue weighted by atomic mass is 16.5. The van der Waals surface area contributed by atoms with Crippen LogP contribution in [0.2, 0.25) is 0 Å². The summed E-state index contributed by atoms with van der Waals surface area (Å²) < 4.78 is 17.4. The van der Waals surface area contributed by atoms with Gasteiger partial charge in [-0.15, -0.1) is 0 Å². The molecule has 0 aliphatic heterocycles. The Labute approximate surface area is 182 Å². The van der Waals surface area contributed by atoms with E-state index in [9.17, 15) is 0 Å². The van der Waals surface area contributed by atoms with E-state index in [2.05, 4.69) is 4.98 Å². The van der Waals surface area contributed by atoms with Gasteiger partial charge >= 0.3 is 0 Å². The summed E-state index contributed by atoms with van der Waals surface area (Å²) in [5.41, 5.74) is 10.6. The van der Waals surface area contributed by atoms with E-state index < -0.39 is 0 Å². The van der Waals surface area contributed by atoms with Gasteiger partial charge in [-0.1, -0.05) is 72.8 Å². The molecule has 5 nitrogen and oxygen atoms in total. The zero-order valence-corrected chi connectivity index (χ0v) is 17.3. The number of nitrogens with two attached hydrogens (primary N) is 1. The zero-order chi connectivity index (χ0) is 21.5. The first-order chi connectivity index (χ1) is 15.2. The fraction of sp³-hybridized carbons (Fsp3) is 0.115. The number of nitrogens with zero attached hydrogens (tertiary/aromatic N) is 1. The van der Waals surface area contributed by atoms with Crippen LogP contribution in [0.25, 0.3) is 11.1 Å². The molecule has 0 bridgehead atoms. The highest BCUT2D eigenvalue weighted by Crippen LogP contribution is 2.38. The predicted molar refractivity (Wildman–Crippen MR) is 122 cm³/mol. The van der Waals surface area contributed by atoms with Gasteiger partial charge in [0.2, 0.25) is 11.8 Å². The predicted octanol–water partition coefficient (Wildman–Crippen LogP) is 5.50. The molecule has 1 aromatic heterocycles. The first kappa shape index (κ1) is 20.3. The topological polar surface area (TPSA) is 66.6 Å². The lowest BCUT2D eigenvalue weighted by molar-refractivity contribution is 0.268. The Kier molecular flexibility index (Phi) is 6.33. The summed E-state index contributed by atoms with van der Waals surface area (Å²) in [6.07, 6.45) is 0. The summed E-state index contributed by atoms with van der Waals surface area (Å²) in [7, 11) is 1.60. The summed E-state index contributed by atoms with van der Waals surface area (Å²) in [6, 6.07) is 29.3. The third-order valence-corrected chi connectivity index (χ3v) is 4.86. The van der Waals surface area contributed by atoms with Crippen LogP contribution in [-0.2, 0) is 13.2 Å². The molecule has 0 aliphatic carbocycles. The van der Waals surface area contributed by atoms with Crippen molar-refractivity contribution < 1.29 is 14.2 Å². The van der Waals surface area contributed by atoms with Gasteiger partial charge in [0.05, 0.1) is 12.8 Å². The van der Waals surface area contributed by atoms with Crippen LogP contribution < -0.4 is 19.9 Å². The molecule has 1 heterocycles. The van der Waals surface area contributed by atoms with Crippen LogP contribution in [0.15, 0.2) is 91.0 Å². The van der Waals surface area contributed by atoms with Crippen molar-refractivity contribution in [3.8, 4) is 28.6 Å². The third kappa shape index (κ3) is 4.95. The fourth-order valence-electron chi connectivity index (χ4n) is 3.23. The zero-order valence-electron chi connectivity index (χ0n) is 17.3. The van der Waals surface area contributed by atoms with Crippen molar-refractivity contribution in [3.63, 3.8) is 0 Å². The molecular weight excluding hydrogens is 388 g/mol. The second kappa shape index (κ2) is 9.67. The number of benzene rings is 3. The Balaban J connectivity index is 1.64. The standard InChI is InChI=1S/C26H24N2O3/c1-29-23-14-8-13-21(25(23)27)22-15-16-24(30-17-19-9-4-2-5-10-19)28-26(22)31-18-20-11-6-3-7-12-20/h2-16H,17-18,27H2,1H3. The van der Waals surface area contributed by atoms with Crippen LogP contribution in [-0.4, -0.2) is 12.1 Å². The van der Waals surface area contributed by atoms with Gasteiger partial charge in [-0.05, 0) is 23.3 Å². The Bertz CT molecular complexity index is 1130. The number of methoxy groups -OCH3 is 1. The number of pyridine rings is 1. The Morgan fingerprint density at radius 3 is 1.97 bits per heavy atom. The molecule has 0 fully saturated rings.